The third-order valence-electron chi connectivity index (χ3n) is 5.19. The molecule has 1 unspecified atom stereocenters. The van der Waals surface area contributed by atoms with E-state index in [1.54, 1.807) is 29.5 Å². The van der Waals surface area contributed by atoms with E-state index in [1.165, 1.54) is 5.01 Å². The summed E-state index contributed by atoms with van der Waals surface area (Å²) in [4.78, 5) is 17.4. The predicted octanol–water partition coefficient (Wildman–Crippen LogP) is 4.57. The lowest BCUT2D eigenvalue weighted by Crippen LogP contribution is -2.30. The molecule has 1 aliphatic heterocycles. The summed E-state index contributed by atoms with van der Waals surface area (Å²) in [5.41, 5.74) is 3.51. The Balaban J connectivity index is 1.44. The van der Waals surface area contributed by atoms with Crippen LogP contribution in [-0.2, 0) is 11.3 Å². The van der Waals surface area contributed by atoms with Crippen LogP contribution < -0.4 is 0 Å². The molecule has 0 fully saturated rings. The summed E-state index contributed by atoms with van der Waals surface area (Å²) in [6, 6.07) is 16.5. The molecule has 0 saturated heterocycles. The van der Waals surface area contributed by atoms with Gasteiger partial charge < -0.3 is 4.42 Å². The SMILES string of the molecule is O=C(Cn1nccc1-c1ccncc1)N1N=C(c2ccc(Cl)cc2)CC1c1ccco1. The number of carbonyl (C=O) groups excluding carboxylic acids is 1. The van der Waals surface area contributed by atoms with Gasteiger partial charge in [0, 0.05) is 35.6 Å². The number of halogens is 1. The lowest BCUT2D eigenvalue weighted by molar-refractivity contribution is -0.134. The molecule has 0 bridgehead atoms. The van der Waals surface area contributed by atoms with Crippen molar-refractivity contribution in [1.82, 2.24) is 19.8 Å². The van der Waals surface area contributed by atoms with Crippen LogP contribution in [0.5, 0.6) is 0 Å². The Morgan fingerprint density at radius 1 is 1.03 bits per heavy atom. The minimum atomic E-state index is -0.312. The van der Waals surface area contributed by atoms with Gasteiger partial charge in [-0.15, -0.1) is 0 Å². The van der Waals surface area contributed by atoms with Crippen molar-refractivity contribution in [2.45, 2.75) is 19.0 Å². The number of furan rings is 1. The lowest BCUT2D eigenvalue weighted by atomic mass is 10.0. The Labute approximate surface area is 183 Å². The first kappa shape index (κ1) is 19.3. The molecular weight excluding hydrogens is 414 g/mol. The molecular formula is C23H18ClN5O2. The molecule has 0 saturated carbocycles. The van der Waals surface area contributed by atoms with E-state index in [1.807, 2.05) is 54.6 Å². The minimum absolute atomic E-state index is 0.0548. The first-order valence-electron chi connectivity index (χ1n) is 9.80. The second-order valence-corrected chi connectivity index (χ2v) is 7.57. The third-order valence-corrected chi connectivity index (χ3v) is 5.44. The Morgan fingerprint density at radius 3 is 2.58 bits per heavy atom. The summed E-state index contributed by atoms with van der Waals surface area (Å²) < 4.78 is 7.28. The third kappa shape index (κ3) is 3.87. The zero-order valence-corrected chi connectivity index (χ0v) is 17.2. The standard InChI is InChI=1S/C23H18ClN5O2/c24-18-5-3-16(4-6-18)19-14-21(22-2-1-13-31-22)29(27-19)23(30)15-28-20(9-12-26-28)17-7-10-25-11-8-17/h1-13,21H,14-15H2. The Hall–Kier alpha value is -3.71. The second kappa shape index (κ2) is 8.20. The summed E-state index contributed by atoms with van der Waals surface area (Å²) in [7, 11) is 0. The molecule has 5 rings (SSSR count). The van der Waals surface area contributed by atoms with E-state index in [0.717, 1.165) is 22.5 Å². The van der Waals surface area contributed by atoms with Crippen LogP contribution >= 0.6 is 11.6 Å². The van der Waals surface area contributed by atoms with Crippen molar-refractivity contribution in [2.75, 3.05) is 0 Å². The lowest BCUT2D eigenvalue weighted by Gasteiger charge is -2.20. The number of aromatic nitrogens is 3. The fourth-order valence-corrected chi connectivity index (χ4v) is 3.81. The Kier molecular flexibility index (Phi) is 5.09. The van der Waals surface area contributed by atoms with Crippen molar-refractivity contribution >= 4 is 23.2 Å². The molecule has 0 aliphatic carbocycles. The van der Waals surface area contributed by atoms with Crippen LogP contribution in [0.15, 0.2) is 89.0 Å². The monoisotopic (exact) mass is 431 g/mol. The maximum absolute atomic E-state index is 13.3. The van der Waals surface area contributed by atoms with Crippen LogP contribution in [0.1, 0.15) is 23.8 Å². The number of hydrazone groups is 1. The zero-order chi connectivity index (χ0) is 21.2. The molecule has 0 spiro atoms. The van der Waals surface area contributed by atoms with Gasteiger partial charge in [-0.2, -0.15) is 10.2 Å². The van der Waals surface area contributed by atoms with E-state index < -0.39 is 0 Å². The number of pyridine rings is 1. The van der Waals surface area contributed by atoms with Crippen LogP contribution in [0.3, 0.4) is 0 Å². The largest absolute Gasteiger partial charge is 0.467 e. The molecule has 1 atom stereocenters. The van der Waals surface area contributed by atoms with Crippen molar-refractivity contribution in [3.63, 3.8) is 0 Å². The van der Waals surface area contributed by atoms with Crippen LogP contribution in [-0.4, -0.2) is 31.4 Å². The molecule has 0 radical (unpaired) electrons. The highest BCUT2D eigenvalue weighted by Gasteiger charge is 2.35. The normalized spacial score (nSPS) is 15.8. The van der Waals surface area contributed by atoms with Gasteiger partial charge in [-0.3, -0.25) is 14.5 Å². The van der Waals surface area contributed by atoms with E-state index in [9.17, 15) is 4.79 Å². The average Bonchev–Trinajstić information content (AvgIpc) is 3.55. The number of hydrogen-bond donors (Lipinski definition) is 0. The van der Waals surface area contributed by atoms with Gasteiger partial charge in [-0.1, -0.05) is 23.7 Å². The number of hydrogen-bond acceptors (Lipinski definition) is 5. The second-order valence-electron chi connectivity index (χ2n) is 7.14. The summed E-state index contributed by atoms with van der Waals surface area (Å²) in [5.74, 6) is 0.514. The molecule has 4 aromatic rings. The summed E-state index contributed by atoms with van der Waals surface area (Å²) in [6.07, 6.45) is 7.26. The van der Waals surface area contributed by atoms with E-state index in [2.05, 4.69) is 15.2 Å². The van der Waals surface area contributed by atoms with Gasteiger partial charge in [-0.05, 0) is 48.0 Å². The van der Waals surface area contributed by atoms with E-state index in [0.29, 0.717) is 17.2 Å². The highest BCUT2D eigenvalue weighted by molar-refractivity contribution is 6.30. The number of nitrogens with zero attached hydrogens (tertiary/aromatic N) is 5. The summed E-state index contributed by atoms with van der Waals surface area (Å²) in [6.45, 7) is 0.0548. The predicted molar refractivity (Wildman–Crippen MR) is 116 cm³/mol. The quantitative estimate of drug-likeness (QED) is 0.463. The first-order chi connectivity index (χ1) is 15.2. The molecule has 7 nitrogen and oxygen atoms in total. The zero-order valence-electron chi connectivity index (χ0n) is 16.4. The molecule has 31 heavy (non-hydrogen) atoms. The Morgan fingerprint density at radius 2 is 1.84 bits per heavy atom. The smallest absolute Gasteiger partial charge is 0.265 e. The fourth-order valence-electron chi connectivity index (χ4n) is 3.69. The number of amides is 1. The van der Waals surface area contributed by atoms with Crippen molar-refractivity contribution in [3.05, 3.63) is 95.8 Å². The van der Waals surface area contributed by atoms with Gasteiger partial charge in [0.2, 0.25) is 0 Å². The molecule has 1 aliphatic rings. The van der Waals surface area contributed by atoms with Crippen molar-refractivity contribution in [1.29, 1.82) is 0 Å². The highest BCUT2D eigenvalue weighted by atomic mass is 35.5. The molecule has 1 aromatic carbocycles. The topological polar surface area (TPSA) is 76.5 Å². The van der Waals surface area contributed by atoms with Gasteiger partial charge in [0.15, 0.2) is 0 Å². The van der Waals surface area contributed by atoms with Crippen molar-refractivity contribution < 1.29 is 9.21 Å². The van der Waals surface area contributed by atoms with Crippen molar-refractivity contribution in [3.8, 4) is 11.3 Å². The molecule has 8 heteroatoms. The fraction of sp³-hybridized carbons (Fsp3) is 0.130. The first-order valence-corrected chi connectivity index (χ1v) is 10.2. The van der Waals surface area contributed by atoms with Crippen molar-refractivity contribution in [2.24, 2.45) is 5.10 Å². The van der Waals surface area contributed by atoms with Gasteiger partial charge in [-0.25, -0.2) is 5.01 Å². The number of carbonyl (C=O) groups is 1. The van der Waals surface area contributed by atoms with Crippen LogP contribution in [0, 0.1) is 0 Å². The summed E-state index contributed by atoms with van der Waals surface area (Å²) >= 11 is 6.02. The molecule has 1 amide bonds. The molecule has 4 heterocycles. The van der Waals surface area contributed by atoms with Gasteiger partial charge in [0.1, 0.15) is 18.3 Å². The van der Waals surface area contributed by atoms with Gasteiger partial charge in [0.25, 0.3) is 5.91 Å². The molecule has 0 N–H and O–H groups in total. The number of benzene rings is 1. The molecule has 154 valence electrons. The summed E-state index contributed by atoms with van der Waals surface area (Å²) in [5, 5.41) is 11.1. The maximum Gasteiger partial charge on any atom is 0.265 e. The van der Waals surface area contributed by atoms with E-state index in [4.69, 9.17) is 16.0 Å². The van der Waals surface area contributed by atoms with Crippen LogP contribution in [0.4, 0.5) is 0 Å². The number of rotatable bonds is 5. The van der Waals surface area contributed by atoms with Crippen LogP contribution in [0.25, 0.3) is 11.3 Å². The molecule has 3 aromatic heterocycles. The van der Waals surface area contributed by atoms with E-state index >= 15 is 0 Å². The van der Waals surface area contributed by atoms with E-state index in [-0.39, 0.29) is 18.5 Å². The van der Waals surface area contributed by atoms with Gasteiger partial charge in [0.05, 0.1) is 17.7 Å². The van der Waals surface area contributed by atoms with Gasteiger partial charge >= 0.3 is 0 Å². The average molecular weight is 432 g/mol. The van der Waals surface area contributed by atoms with Crippen LogP contribution in [0.2, 0.25) is 5.02 Å². The minimum Gasteiger partial charge on any atom is -0.467 e. The maximum atomic E-state index is 13.3. The highest BCUT2D eigenvalue weighted by Crippen LogP contribution is 2.33. The Bertz CT molecular complexity index is 1220.